The van der Waals surface area contributed by atoms with Gasteiger partial charge in [-0.2, -0.15) is 0 Å². The number of thiazole rings is 1. The second-order valence-electron chi connectivity index (χ2n) is 9.09. The molecule has 190 valence electrons. The first-order valence-corrected chi connectivity index (χ1v) is 13.5. The van der Waals surface area contributed by atoms with Crippen LogP contribution in [0.4, 0.5) is 0 Å². The van der Waals surface area contributed by atoms with Gasteiger partial charge in [-0.25, -0.2) is 4.98 Å². The van der Waals surface area contributed by atoms with Crippen molar-refractivity contribution in [2.24, 2.45) is 5.92 Å². The zero-order chi connectivity index (χ0) is 25.5. The molecule has 1 aromatic carbocycles. The minimum atomic E-state index is -0.0347. The number of carbonyl (C=O) groups excluding carboxylic acids is 1. The van der Waals surface area contributed by atoms with Crippen molar-refractivity contribution in [3.05, 3.63) is 71.1 Å². The van der Waals surface area contributed by atoms with Crippen LogP contribution in [-0.4, -0.2) is 29.1 Å². The highest BCUT2D eigenvalue weighted by Crippen LogP contribution is 2.32. The van der Waals surface area contributed by atoms with Crippen LogP contribution in [0.3, 0.4) is 0 Å². The molecule has 36 heavy (non-hydrogen) atoms. The molecule has 0 fully saturated rings. The number of ether oxygens (including phenoxy) is 1. The second kappa shape index (κ2) is 12.1. The summed E-state index contributed by atoms with van der Waals surface area (Å²) in [6, 6.07) is 13.7. The third kappa shape index (κ3) is 5.90. The highest BCUT2D eigenvalue weighted by atomic mass is 32.1. The van der Waals surface area contributed by atoms with Gasteiger partial charge in [0, 0.05) is 23.2 Å². The summed E-state index contributed by atoms with van der Waals surface area (Å²) in [5, 5.41) is 6.16. The number of hydrogen-bond donors (Lipinski definition) is 1. The van der Waals surface area contributed by atoms with Gasteiger partial charge in [0.25, 0.3) is 5.91 Å². The van der Waals surface area contributed by atoms with E-state index in [0.717, 1.165) is 52.0 Å². The summed E-state index contributed by atoms with van der Waals surface area (Å²) in [6.45, 7) is 7.62. The maximum Gasteiger partial charge on any atom is 0.253 e. The number of furan rings is 1. The molecule has 0 aliphatic rings. The summed E-state index contributed by atoms with van der Waals surface area (Å²) in [7, 11) is 1.66. The maximum atomic E-state index is 13.3. The van der Waals surface area contributed by atoms with E-state index in [2.05, 4.69) is 23.7 Å². The highest BCUT2D eigenvalue weighted by Gasteiger charge is 2.21. The average molecular weight is 506 g/mol. The molecule has 3 heterocycles. The Labute approximate surface area is 217 Å². The number of rotatable bonds is 12. The molecule has 0 radical (unpaired) electrons. The van der Waals surface area contributed by atoms with E-state index in [0.29, 0.717) is 24.6 Å². The van der Waals surface area contributed by atoms with Crippen molar-refractivity contribution in [3.63, 3.8) is 0 Å². The first-order chi connectivity index (χ1) is 17.5. The molecule has 0 saturated heterocycles. The van der Waals surface area contributed by atoms with Gasteiger partial charge in [0.05, 0.1) is 36.9 Å². The molecular formula is C29H35N3O3S. The summed E-state index contributed by atoms with van der Waals surface area (Å²) >= 11 is 1.59. The maximum absolute atomic E-state index is 13.3. The predicted molar refractivity (Wildman–Crippen MR) is 146 cm³/mol. The Kier molecular flexibility index (Phi) is 8.65. The summed E-state index contributed by atoms with van der Waals surface area (Å²) < 4.78 is 13.0. The van der Waals surface area contributed by atoms with Gasteiger partial charge in [-0.1, -0.05) is 33.1 Å². The molecule has 1 unspecified atom stereocenters. The molecule has 1 atom stereocenters. The molecule has 6 nitrogen and oxygen atoms in total. The van der Waals surface area contributed by atoms with Gasteiger partial charge in [0.2, 0.25) is 0 Å². The third-order valence-electron chi connectivity index (χ3n) is 6.70. The first-order valence-electron chi connectivity index (χ1n) is 12.6. The topological polar surface area (TPSA) is 69.3 Å². The van der Waals surface area contributed by atoms with E-state index in [4.69, 9.17) is 14.1 Å². The minimum Gasteiger partial charge on any atom is -0.497 e. The van der Waals surface area contributed by atoms with Crippen LogP contribution in [0.1, 0.15) is 61.3 Å². The highest BCUT2D eigenvalue weighted by molar-refractivity contribution is 7.13. The fourth-order valence-electron chi connectivity index (χ4n) is 4.38. The van der Waals surface area contributed by atoms with Crippen LogP contribution >= 0.6 is 11.3 Å². The normalized spacial score (nSPS) is 12.0. The van der Waals surface area contributed by atoms with Crippen LogP contribution in [0.5, 0.6) is 5.75 Å². The quantitative estimate of drug-likeness (QED) is 0.221. The van der Waals surface area contributed by atoms with E-state index in [-0.39, 0.29) is 5.91 Å². The minimum absolute atomic E-state index is 0.0347. The molecular weight excluding hydrogens is 470 g/mol. The lowest BCUT2D eigenvalue weighted by molar-refractivity contribution is 0.0945. The van der Waals surface area contributed by atoms with Crippen LogP contribution in [-0.2, 0) is 6.54 Å². The standard InChI is InChI=1S/C29H35N3O3S/c1-5-7-9-21(6-2)17-30-28(33)25-16-27(32(20(25)3)18-24-10-8-15-35-24)26-19-36-29(31-26)22-11-13-23(34-4)14-12-22/h8,10-16,19,21H,5-7,9,17-18H2,1-4H3,(H,30,33). The molecule has 1 amide bonds. The molecule has 0 bridgehead atoms. The zero-order valence-corrected chi connectivity index (χ0v) is 22.4. The predicted octanol–water partition coefficient (Wildman–Crippen LogP) is 7.18. The van der Waals surface area contributed by atoms with E-state index in [1.165, 1.54) is 12.8 Å². The van der Waals surface area contributed by atoms with Crippen LogP contribution in [0.2, 0.25) is 0 Å². The molecule has 0 aliphatic heterocycles. The van der Waals surface area contributed by atoms with Crippen molar-refractivity contribution < 1.29 is 13.9 Å². The molecule has 0 aliphatic carbocycles. The number of benzene rings is 1. The lowest BCUT2D eigenvalue weighted by Crippen LogP contribution is -2.29. The van der Waals surface area contributed by atoms with Gasteiger partial charge in [-0.15, -0.1) is 11.3 Å². The molecule has 0 spiro atoms. The second-order valence-corrected chi connectivity index (χ2v) is 9.95. The van der Waals surface area contributed by atoms with Crippen LogP contribution in [0, 0.1) is 12.8 Å². The van der Waals surface area contributed by atoms with Crippen LogP contribution in [0.25, 0.3) is 22.0 Å². The zero-order valence-electron chi connectivity index (χ0n) is 21.5. The molecule has 4 aromatic rings. The Morgan fingerprint density at radius 1 is 1.22 bits per heavy atom. The Bertz CT molecular complexity index is 1260. The summed E-state index contributed by atoms with van der Waals surface area (Å²) in [6.07, 6.45) is 6.25. The van der Waals surface area contributed by atoms with Crippen molar-refractivity contribution in [2.75, 3.05) is 13.7 Å². The van der Waals surface area contributed by atoms with Gasteiger partial charge in [-0.3, -0.25) is 4.79 Å². The van der Waals surface area contributed by atoms with Crippen molar-refractivity contribution in [3.8, 4) is 27.7 Å². The van der Waals surface area contributed by atoms with Crippen LogP contribution < -0.4 is 10.1 Å². The fraction of sp³-hybridized carbons (Fsp3) is 0.379. The van der Waals surface area contributed by atoms with E-state index >= 15 is 0 Å². The number of aromatic nitrogens is 2. The van der Waals surface area contributed by atoms with Gasteiger partial charge in [-0.05, 0) is 61.7 Å². The lowest BCUT2D eigenvalue weighted by Gasteiger charge is -2.15. The Morgan fingerprint density at radius 3 is 2.69 bits per heavy atom. The molecule has 0 saturated carbocycles. The van der Waals surface area contributed by atoms with Gasteiger partial charge in [0.15, 0.2) is 0 Å². The molecule has 3 aromatic heterocycles. The number of nitrogens with zero attached hydrogens (tertiary/aromatic N) is 2. The SMILES string of the molecule is CCCCC(CC)CNC(=O)c1cc(-c2csc(-c3ccc(OC)cc3)n2)n(Cc2ccco2)c1C. The van der Waals surface area contributed by atoms with Gasteiger partial charge in [0.1, 0.15) is 16.5 Å². The number of hydrogen-bond acceptors (Lipinski definition) is 5. The number of methoxy groups -OCH3 is 1. The Hall–Kier alpha value is -3.32. The van der Waals surface area contributed by atoms with E-state index in [1.54, 1.807) is 24.7 Å². The lowest BCUT2D eigenvalue weighted by atomic mass is 9.99. The van der Waals surface area contributed by atoms with Gasteiger partial charge >= 0.3 is 0 Å². The van der Waals surface area contributed by atoms with Gasteiger partial charge < -0.3 is 19.0 Å². The van der Waals surface area contributed by atoms with Crippen LogP contribution in [0.15, 0.2) is 58.5 Å². The smallest absolute Gasteiger partial charge is 0.253 e. The molecule has 7 heteroatoms. The summed E-state index contributed by atoms with van der Waals surface area (Å²) in [4.78, 5) is 18.2. The summed E-state index contributed by atoms with van der Waals surface area (Å²) in [5.41, 5.74) is 4.36. The number of carbonyl (C=O) groups is 1. The number of nitrogens with one attached hydrogen (secondary N) is 1. The number of unbranched alkanes of at least 4 members (excludes halogenated alkanes) is 1. The first kappa shape index (κ1) is 25.8. The van der Waals surface area contributed by atoms with E-state index < -0.39 is 0 Å². The molecule has 4 rings (SSSR count). The van der Waals surface area contributed by atoms with Crippen molar-refractivity contribution >= 4 is 17.2 Å². The van der Waals surface area contributed by atoms with Crippen molar-refractivity contribution in [1.29, 1.82) is 0 Å². The fourth-order valence-corrected chi connectivity index (χ4v) is 5.20. The van der Waals surface area contributed by atoms with E-state index in [1.807, 2.05) is 54.8 Å². The largest absolute Gasteiger partial charge is 0.497 e. The Balaban J connectivity index is 1.62. The summed E-state index contributed by atoms with van der Waals surface area (Å²) in [5.74, 6) is 2.12. The average Bonchev–Trinajstić information content (AvgIpc) is 3.66. The molecule has 1 N–H and O–H groups in total. The van der Waals surface area contributed by atoms with Crippen molar-refractivity contribution in [2.45, 2.75) is 53.0 Å². The Morgan fingerprint density at radius 2 is 2.03 bits per heavy atom. The van der Waals surface area contributed by atoms with Crippen molar-refractivity contribution in [1.82, 2.24) is 14.9 Å². The van der Waals surface area contributed by atoms with E-state index in [9.17, 15) is 4.79 Å². The monoisotopic (exact) mass is 505 g/mol. The number of amides is 1. The third-order valence-corrected chi connectivity index (χ3v) is 7.59.